The molecule has 12 heteroatoms. The van der Waals surface area contributed by atoms with E-state index >= 15 is 0 Å². The van der Waals surface area contributed by atoms with E-state index in [1.165, 1.54) is 16.2 Å². The number of benzene rings is 1. The number of hydrogen-bond donors (Lipinski definition) is 1. The molecule has 3 rings (SSSR count). The molecule has 0 radical (unpaired) electrons. The van der Waals surface area contributed by atoms with Crippen LogP contribution in [-0.4, -0.2) is 67.8 Å². The maximum atomic E-state index is 12.2. The molecule has 184 valence electrons. The maximum Gasteiger partial charge on any atom is 0.415 e. The number of amides is 1. The second kappa shape index (κ2) is 10.2. The second-order valence-corrected chi connectivity index (χ2v) is 11.2. The Bertz CT molecular complexity index is 1250. The number of thiazole rings is 1. The van der Waals surface area contributed by atoms with E-state index in [9.17, 15) is 18.3 Å². The van der Waals surface area contributed by atoms with Crippen LogP contribution in [0.15, 0.2) is 36.5 Å². The minimum atomic E-state index is -3.63. The SMILES string of the molecule is CN(C(=O)OC(C)(C)C)c1ccc(-c2nc3ccc(OC[C@@H](O)COS(C)(=O)=O)cc3s2)cn1. The molecule has 0 aliphatic carbocycles. The van der Waals surface area contributed by atoms with Crippen molar-refractivity contribution in [3.8, 4) is 16.3 Å². The van der Waals surface area contributed by atoms with Gasteiger partial charge in [0.1, 0.15) is 34.9 Å². The predicted octanol–water partition coefficient (Wildman–Crippen LogP) is 3.45. The van der Waals surface area contributed by atoms with Gasteiger partial charge >= 0.3 is 6.09 Å². The van der Waals surface area contributed by atoms with Gasteiger partial charge in [-0.25, -0.2) is 14.8 Å². The smallest absolute Gasteiger partial charge is 0.415 e. The van der Waals surface area contributed by atoms with E-state index in [0.29, 0.717) is 11.6 Å². The zero-order valence-corrected chi connectivity index (χ0v) is 21.1. The molecule has 34 heavy (non-hydrogen) atoms. The third-order valence-corrected chi connectivity index (χ3v) is 5.91. The Hall–Kier alpha value is -2.80. The van der Waals surface area contributed by atoms with Crippen molar-refractivity contribution in [1.82, 2.24) is 9.97 Å². The van der Waals surface area contributed by atoms with Gasteiger partial charge in [-0.05, 0) is 51.1 Å². The van der Waals surface area contributed by atoms with Gasteiger partial charge in [0.15, 0.2) is 0 Å². The fraction of sp³-hybridized carbons (Fsp3) is 0.409. The molecule has 0 aliphatic heterocycles. The third kappa shape index (κ3) is 7.35. The van der Waals surface area contributed by atoms with Gasteiger partial charge in [-0.3, -0.25) is 9.08 Å². The Balaban J connectivity index is 1.67. The fourth-order valence-corrected chi connectivity index (χ4v) is 4.08. The number of fused-ring (bicyclic) bond motifs is 1. The molecule has 0 unspecified atom stereocenters. The molecule has 2 aromatic heterocycles. The molecule has 1 aromatic carbocycles. The molecule has 0 saturated carbocycles. The molecule has 3 aromatic rings. The summed E-state index contributed by atoms with van der Waals surface area (Å²) < 4.78 is 38.3. The summed E-state index contributed by atoms with van der Waals surface area (Å²) in [4.78, 5) is 22.5. The molecular formula is C22H27N3O7S2. The number of anilines is 1. The maximum absolute atomic E-state index is 12.2. The van der Waals surface area contributed by atoms with E-state index in [1.54, 1.807) is 58.3 Å². The molecule has 0 spiro atoms. The first kappa shape index (κ1) is 25.8. The van der Waals surface area contributed by atoms with Crippen LogP contribution in [0.2, 0.25) is 0 Å². The normalized spacial score (nSPS) is 13.0. The summed E-state index contributed by atoms with van der Waals surface area (Å²) in [6.07, 6.45) is 0.973. The summed E-state index contributed by atoms with van der Waals surface area (Å²) in [7, 11) is -2.03. The van der Waals surface area contributed by atoms with Crippen molar-refractivity contribution >= 4 is 43.6 Å². The van der Waals surface area contributed by atoms with Crippen molar-refractivity contribution in [2.24, 2.45) is 0 Å². The zero-order valence-electron chi connectivity index (χ0n) is 19.5. The number of carbonyl (C=O) groups excluding carboxylic acids is 1. The Morgan fingerprint density at radius 3 is 2.56 bits per heavy atom. The highest BCUT2D eigenvalue weighted by Crippen LogP contribution is 2.32. The lowest BCUT2D eigenvalue weighted by Crippen LogP contribution is -2.34. The number of hydrogen-bond acceptors (Lipinski definition) is 10. The lowest BCUT2D eigenvalue weighted by atomic mass is 10.2. The van der Waals surface area contributed by atoms with E-state index in [0.717, 1.165) is 27.0 Å². The lowest BCUT2D eigenvalue weighted by Gasteiger charge is -2.24. The first-order valence-electron chi connectivity index (χ1n) is 10.3. The van der Waals surface area contributed by atoms with E-state index in [2.05, 4.69) is 14.2 Å². The molecule has 0 saturated heterocycles. The van der Waals surface area contributed by atoms with Gasteiger partial charge in [-0.2, -0.15) is 8.42 Å². The van der Waals surface area contributed by atoms with Crippen LogP contribution in [0, 0.1) is 0 Å². The number of nitrogens with zero attached hydrogens (tertiary/aromatic N) is 3. The zero-order chi connectivity index (χ0) is 25.1. The topological polar surface area (TPSA) is 128 Å². The van der Waals surface area contributed by atoms with Crippen LogP contribution < -0.4 is 9.64 Å². The minimum Gasteiger partial charge on any atom is -0.491 e. The number of aromatic nitrogens is 2. The van der Waals surface area contributed by atoms with Gasteiger partial charge in [0.25, 0.3) is 10.1 Å². The van der Waals surface area contributed by atoms with Crippen LogP contribution >= 0.6 is 11.3 Å². The highest BCUT2D eigenvalue weighted by Gasteiger charge is 2.21. The molecule has 0 aliphatic rings. The minimum absolute atomic E-state index is 0.122. The quantitative estimate of drug-likeness (QED) is 0.454. The standard InChI is InChI=1S/C22H27N3O7S2/c1-22(2,3)32-21(27)25(4)19-9-6-14(11-23-19)20-24-17-8-7-16(10-18(17)33-20)30-12-15(26)13-31-34(5,28)29/h6-11,15,26H,12-13H2,1-5H3/t15-/m1/s1. The number of carbonyl (C=O) groups is 1. The first-order valence-corrected chi connectivity index (χ1v) is 12.9. The highest BCUT2D eigenvalue weighted by atomic mass is 32.2. The van der Waals surface area contributed by atoms with Gasteiger partial charge in [0, 0.05) is 18.8 Å². The summed E-state index contributed by atoms with van der Waals surface area (Å²) in [6.45, 7) is 4.90. The van der Waals surface area contributed by atoms with E-state index in [-0.39, 0.29) is 13.2 Å². The van der Waals surface area contributed by atoms with E-state index in [1.807, 2.05) is 6.07 Å². The molecule has 0 fully saturated rings. The van der Waals surface area contributed by atoms with Crippen LogP contribution in [-0.2, 0) is 19.0 Å². The fourth-order valence-electron chi connectivity index (χ4n) is 2.70. The van der Waals surface area contributed by atoms with Crippen LogP contribution in [0.25, 0.3) is 20.8 Å². The van der Waals surface area contributed by atoms with Crippen LogP contribution in [0.3, 0.4) is 0 Å². The summed E-state index contributed by atoms with van der Waals surface area (Å²) in [5, 5.41) is 10.6. The summed E-state index contributed by atoms with van der Waals surface area (Å²) in [5.74, 6) is 0.960. The molecule has 2 heterocycles. The van der Waals surface area contributed by atoms with Crippen LogP contribution in [0.5, 0.6) is 5.75 Å². The highest BCUT2D eigenvalue weighted by molar-refractivity contribution is 7.85. The molecule has 0 bridgehead atoms. The van der Waals surface area contributed by atoms with E-state index < -0.39 is 27.9 Å². The van der Waals surface area contributed by atoms with Gasteiger partial charge < -0.3 is 14.6 Å². The van der Waals surface area contributed by atoms with Crippen molar-refractivity contribution in [2.45, 2.75) is 32.5 Å². The molecule has 1 amide bonds. The number of aliphatic hydroxyl groups is 1. The summed E-state index contributed by atoms with van der Waals surface area (Å²) in [6, 6.07) is 8.85. The monoisotopic (exact) mass is 509 g/mol. The number of pyridine rings is 1. The molecule has 1 atom stereocenters. The van der Waals surface area contributed by atoms with Crippen molar-refractivity contribution in [1.29, 1.82) is 0 Å². The summed E-state index contributed by atoms with van der Waals surface area (Å²) >= 11 is 1.44. The Morgan fingerprint density at radius 2 is 1.94 bits per heavy atom. The number of rotatable bonds is 8. The molecular weight excluding hydrogens is 482 g/mol. The Morgan fingerprint density at radius 1 is 1.21 bits per heavy atom. The van der Waals surface area contributed by atoms with Gasteiger partial charge in [-0.1, -0.05) is 0 Å². The van der Waals surface area contributed by atoms with Crippen LogP contribution in [0.1, 0.15) is 20.8 Å². The van der Waals surface area contributed by atoms with Crippen molar-refractivity contribution in [3.05, 3.63) is 36.5 Å². The van der Waals surface area contributed by atoms with Crippen molar-refractivity contribution < 1.29 is 32.0 Å². The van der Waals surface area contributed by atoms with Crippen molar-refractivity contribution in [2.75, 3.05) is 31.4 Å². The first-order chi connectivity index (χ1) is 15.8. The predicted molar refractivity (Wildman–Crippen MR) is 130 cm³/mol. The third-order valence-electron chi connectivity index (χ3n) is 4.28. The second-order valence-electron chi connectivity index (χ2n) is 8.55. The van der Waals surface area contributed by atoms with E-state index in [4.69, 9.17) is 9.47 Å². The van der Waals surface area contributed by atoms with Gasteiger partial charge in [-0.15, -0.1) is 11.3 Å². The Labute approximate surface area is 202 Å². The van der Waals surface area contributed by atoms with Gasteiger partial charge in [0.05, 0.1) is 23.1 Å². The van der Waals surface area contributed by atoms with Crippen molar-refractivity contribution in [3.63, 3.8) is 0 Å². The largest absolute Gasteiger partial charge is 0.491 e. The average molecular weight is 510 g/mol. The van der Waals surface area contributed by atoms with Gasteiger partial charge in [0.2, 0.25) is 0 Å². The lowest BCUT2D eigenvalue weighted by molar-refractivity contribution is 0.0588. The summed E-state index contributed by atoms with van der Waals surface area (Å²) in [5.41, 5.74) is 0.957. The van der Waals surface area contributed by atoms with Crippen LogP contribution in [0.4, 0.5) is 10.6 Å². The molecule has 1 N–H and O–H groups in total. The number of aliphatic hydroxyl groups excluding tert-OH is 1. The average Bonchev–Trinajstić information content (AvgIpc) is 3.17. The Kier molecular flexibility index (Phi) is 7.76. The number of ether oxygens (including phenoxy) is 2. The molecule has 10 nitrogen and oxygen atoms in total.